The van der Waals surface area contributed by atoms with Crippen molar-refractivity contribution in [1.82, 2.24) is 5.32 Å². The second-order valence-corrected chi connectivity index (χ2v) is 3.64. The molecule has 0 aromatic carbocycles. The first kappa shape index (κ1) is 15.2. The van der Waals surface area contributed by atoms with Crippen molar-refractivity contribution < 1.29 is 22.7 Å². The molecule has 1 amide bonds. The summed E-state index contributed by atoms with van der Waals surface area (Å²) in [6.45, 7) is 2.33. The van der Waals surface area contributed by atoms with E-state index in [1.165, 1.54) is 6.92 Å². The minimum atomic E-state index is -4.35. The Morgan fingerprint density at radius 3 is 2.38 bits per heavy atom. The highest BCUT2D eigenvalue weighted by Crippen LogP contribution is 2.15. The number of hydrogen-bond donors (Lipinski definition) is 2. The lowest BCUT2D eigenvalue weighted by atomic mass is 9.97. The van der Waals surface area contributed by atoms with Gasteiger partial charge in [0.15, 0.2) is 0 Å². The fourth-order valence-corrected chi connectivity index (χ4v) is 1.15. The number of primary amides is 1. The second-order valence-electron chi connectivity index (χ2n) is 3.64. The average Bonchev–Trinajstić information content (AvgIpc) is 2.11. The van der Waals surface area contributed by atoms with Gasteiger partial charge in [-0.3, -0.25) is 4.79 Å². The molecule has 0 saturated heterocycles. The molecule has 0 spiro atoms. The van der Waals surface area contributed by atoms with Crippen LogP contribution in [-0.4, -0.2) is 37.4 Å². The molecule has 0 rings (SSSR count). The molecule has 0 heterocycles. The number of nitrogens with two attached hydrogens (primary N) is 1. The van der Waals surface area contributed by atoms with Gasteiger partial charge in [0, 0.05) is 6.61 Å². The van der Waals surface area contributed by atoms with Crippen molar-refractivity contribution in [3.8, 4) is 0 Å². The average molecular weight is 242 g/mol. The van der Waals surface area contributed by atoms with Crippen molar-refractivity contribution in [2.75, 3.05) is 19.8 Å². The van der Waals surface area contributed by atoms with Crippen LogP contribution in [0.5, 0.6) is 0 Å². The van der Waals surface area contributed by atoms with Crippen molar-refractivity contribution in [3.05, 3.63) is 0 Å². The molecule has 3 N–H and O–H groups in total. The summed E-state index contributed by atoms with van der Waals surface area (Å²) in [6, 6.07) is 0. The third-order valence-corrected chi connectivity index (χ3v) is 2.12. The van der Waals surface area contributed by atoms with Crippen LogP contribution >= 0.6 is 0 Å². The summed E-state index contributed by atoms with van der Waals surface area (Å²) in [6.07, 6.45) is -4.24. The SMILES string of the molecule is CCNC(C)(CCOCC(F)(F)F)C(N)=O. The van der Waals surface area contributed by atoms with Crippen LogP contribution in [0.2, 0.25) is 0 Å². The van der Waals surface area contributed by atoms with Gasteiger partial charge in [-0.1, -0.05) is 6.92 Å². The van der Waals surface area contributed by atoms with Gasteiger partial charge in [0.1, 0.15) is 6.61 Å². The molecule has 0 bridgehead atoms. The highest BCUT2D eigenvalue weighted by atomic mass is 19.4. The minimum Gasteiger partial charge on any atom is -0.372 e. The van der Waals surface area contributed by atoms with E-state index in [0.717, 1.165) is 0 Å². The summed E-state index contributed by atoms with van der Waals surface area (Å²) in [5.41, 5.74) is 4.12. The largest absolute Gasteiger partial charge is 0.411 e. The van der Waals surface area contributed by atoms with Gasteiger partial charge >= 0.3 is 6.18 Å². The fourth-order valence-electron chi connectivity index (χ4n) is 1.15. The number of carbonyl (C=O) groups is 1. The Kier molecular flexibility index (Phi) is 5.74. The molecule has 16 heavy (non-hydrogen) atoms. The lowest BCUT2D eigenvalue weighted by molar-refractivity contribution is -0.174. The van der Waals surface area contributed by atoms with Crippen molar-refractivity contribution in [1.29, 1.82) is 0 Å². The third kappa shape index (κ3) is 5.92. The molecule has 0 radical (unpaired) electrons. The van der Waals surface area contributed by atoms with E-state index in [2.05, 4.69) is 10.1 Å². The quantitative estimate of drug-likeness (QED) is 0.649. The number of likely N-dealkylation sites (N-methyl/N-ethyl adjacent to an activating group) is 1. The van der Waals surface area contributed by atoms with Crippen molar-refractivity contribution >= 4 is 5.91 Å². The second kappa shape index (κ2) is 6.05. The zero-order valence-corrected chi connectivity index (χ0v) is 9.36. The summed E-state index contributed by atoms with van der Waals surface area (Å²) in [5, 5.41) is 2.82. The number of nitrogens with one attached hydrogen (secondary N) is 1. The predicted octanol–water partition coefficient (Wildman–Crippen LogP) is 0.809. The molecule has 0 aliphatic heterocycles. The Morgan fingerprint density at radius 1 is 1.44 bits per heavy atom. The molecular weight excluding hydrogens is 225 g/mol. The highest BCUT2D eigenvalue weighted by molar-refractivity contribution is 5.84. The normalized spacial score (nSPS) is 15.8. The van der Waals surface area contributed by atoms with Gasteiger partial charge in [-0.2, -0.15) is 13.2 Å². The van der Waals surface area contributed by atoms with Crippen molar-refractivity contribution in [3.63, 3.8) is 0 Å². The van der Waals surface area contributed by atoms with Crippen LogP contribution < -0.4 is 11.1 Å². The zero-order valence-electron chi connectivity index (χ0n) is 9.36. The maximum absolute atomic E-state index is 11.7. The number of ether oxygens (including phenoxy) is 1. The molecule has 0 saturated carbocycles. The van der Waals surface area contributed by atoms with Gasteiger partial charge in [0.05, 0.1) is 5.54 Å². The monoisotopic (exact) mass is 242 g/mol. The molecule has 1 unspecified atom stereocenters. The molecule has 7 heteroatoms. The fraction of sp³-hybridized carbons (Fsp3) is 0.889. The first-order valence-corrected chi connectivity index (χ1v) is 4.90. The number of amides is 1. The predicted molar refractivity (Wildman–Crippen MR) is 52.8 cm³/mol. The van der Waals surface area contributed by atoms with Crippen molar-refractivity contribution in [2.24, 2.45) is 5.73 Å². The van der Waals surface area contributed by atoms with Crippen LogP contribution in [0.3, 0.4) is 0 Å². The molecule has 4 nitrogen and oxygen atoms in total. The molecular formula is C9H17F3N2O2. The van der Waals surface area contributed by atoms with Crippen LogP contribution in [-0.2, 0) is 9.53 Å². The van der Waals surface area contributed by atoms with Gasteiger partial charge < -0.3 is 15.8 Å². The standard InChI is InChI=1S/C9H17F3N2O2/c1-3-14-8(2,7(13)15)4-5-16-6-9(10,11)12/h14H,3-6H2,1-2H3,(H2,13,15). The van der Waals surface area contributed by atoms with E-state index < -0.39 is 24.2 Å². The maximum atomic E-state index is 11.7. The highest BCUT2D eigenvalue weighted by Gasteiger charge is 2.31. The number of hydrogen-bond acceptors (Lipinski definition) is 3. The summed E-state index contributed by atoms with van der Waals surface area (Å²) < 4.78 is 39.7. The van der Waals surface area contributed by atoms with Gasteiger partial charge in [0.2, 0.25) is 5.91 Å². The van der Waals surface area contributed by atoms with Crippen LogP contribution in [0.25, 0.3) is 0 Å². The van der Waals surface area contributed by atoms with E-state index >= 15 is 0 Å². The van der Waals surface area contributed by atoms with E-state index in [1.807, 2.05) is 0 Å². The van der Waals surface area contributed by atoms with Gasteiger partial charge in [-0.05, 0) is 19.9 Å². The Balaban J connectivity index is 4.00. The number of rotatable bonds is 7. The Morgan fingerprint density at radius 2 is 2.00 bits per heavy atom. The molecule has 0 aliphatic rings. The first-order chi connectivity index (χ1) is 7.21. The molecule has 0 aromatic heterocycles. The van der Waals surface area contributed by atoms with E-state index in [1.54, 1.807) is 6.92 Å². The van der Waals surface area contributed by atoms with E-state index in [0.29, 0.717) is 6.54 Å². The van der Waals surface area contributed by atoms with E-state index in [9.17, 15) is 18.0 Å². The number of alkyl halides is 3. The summed E-state index contributed by atoms with van der Waals surface area (Å²) >= 11 is 0. The van der Waals surface area contributed by atoms with Crippen LogP contribution in [0.15, 0.2) is 0 Å². The first-order valence-electron chi connectivity index (χ1n) is 4.90. The number of halogens is 3. The smallest absolute Gasteiger partial charge is 0.372 e. The molecule has 0 fully saturated rings. The van der Waals surface area contributed by atoms with Gasteiger partial charge in [-0.25, -0.2) is 0 Å². The van der Waals surface area contributed by atoms with E-state index in [-0.39, 0.29) is 13.0 Å². The lowest BCUT2D eigenvalue weighted by Crippen LogP contribution is -2.53. The summed E-state index contributed by atoms with van der Waals surface area (Å²) in [4.78, 5) is 11.1. The minimum absolute atomic E-state index is 0.103. The third-order valence-electron chi connectivity index (χ3n) is 2.12. The van der Waals surface area contributed by atoms with Crippen molar-refractivity contribution in [2.45, 2.75) is 32.0 Å². The topological polar surface area (TPSA) is 64.3 Å². The Bertz CT molecular complexity index is 233. The van der Waals surface area contributed by atoms with Crippen LogP contribution in [0.1, 0.15) is 20.3 Å². The molecule has 1 atom stereocenters. The van der Waals surface area contributed by atoms with Crippen LogP contribution in [0, 0.1) is 0 Å². The summed E-state index contributed by atoms with van der Waals surface area (Å²) in [5.74, 6) is -0.607. The Labute approximate surface area is 92.3 Å². The van der Waals surface area contributed by atoms with E-state index in [4.69, 9.17) is 5.73 Å². The van der Waals surface area contributed by atoms with Gasteiger partial charge in [0.25, 0.3) is 0 Å². The summed E-state index contributed by atoms with van der Waals surface area (Å²) in [7, 11) is 0. The van der Waals surface area contributed by atoms with Crippen LogP contribution in [0.4, 0.5) is 13.2 Å². The molecule has 96 valence electrons. The molecule has 0 aromatic rings. The zero-order chi connectivity index (χ0) is 12.8. The number of carbonyl (C=O) groups excluding carboxylic acids is 1. The maximum Gasteiger partial charge on any atom is 0.411 e. The lowest BCUT2D eigenvalue weighted by Gasteiger charge is -2.26. The molecule has 0 aliphatic carbocycles. The van der Waals surface area contributed by atoms with Gasteiger partial charge in [-0.15, -0.1) is 0 Å². The Hall–Kier alpha value is -0.820.